The minimum absolute atomic E-state index is 0.0756. The lowest BCUT2D eigenvalue weighted by Gasteiger charge is -2.26. The van der Waals surface area contributed by atoms with Gasteiger partial charge in [-0.25, -0.2) is 0 Å². The zero-order valence-electron chi connectivity index (χ0n) is 12.9. The predicted octanol–water partition coefficient (Wildman–Crippen LogP) is 0.516. The van der Waals surface area contributed by atoms with E-state index in [1.54, 1.807) is 0 Å². The molecule has 0 spiro atoms. The van der Waals surface area contributed by atoms with Crippen molar-refractivity contribution in [1.82, 2.24) is 10.0 Å². The molecule has 4 fully saturated rings. The molecule has 0 aromatic rings. The van der Waals surface area contributed by atoms with Gasteiger partial charge in [0.15, 0.2) is 0 Å². The molecule has 0 aromatic heterocycles. The van der Waals surface area contributed by atoms with Crippen molar-refractivity contribution in [3.8, 4) is 0 Å². The fourth-order valence-corrected chi connectivity index (χ4v) is 6.17. The minimum Gasteiger partial charge on any atom is -0.272 e. The normalized spacial score (nSPS) is 50.0. The number of imide groups is 2. The Morgan fingerprint density at radius 1 is 0.542 bits per heavy atom. The van der Waals surface area contributed by atoms with Gasteiger partial charge in [-0.05, 0) is 36.5 Å². The quantitative estimate of drug-likeness (QED) is 0.520. The number of carbonyl (C=O) groups is 4. The van der Waals surface area contributed by atoms with Crippen LogP contribution in [-0.4, -0.2) is 33.6 Å². The third-order valence-corrected chi connectivity index (χ3v) is 7.09. The van der Waals surface area contributed by atoms with E-state index in [-0.39, 0.29) is 71.0 Å². The molecule has 6 rings (SSSR count). The summed E-state index contributed by atoms with van der Waals surface area (Å²) in [5.41, 5.74) is 0. The molecule has 2 saturated heterocycles. The Balaban J connectivity index is 1.39. The number of rotatable bonds is 1. The van der Waals surface area contributed by atoms with Gasteiger partial charge in [0.1, 0.15) is 0 Å². The number of amides is 4. The molecule has 4 bridgehead atoms. The molecule has 6 nitrogen and oxygen atoms in total. The maximum atomic E-state index is 12.9. The molecule has 0 radical (unpaired) electrons. The number of carbonyl (C=O) groups excluding carboxylic acids is 4. The first kappa shape index (κ1) is 13.1. The van der Waals surface area contributed by atoms with Gasteiger partial charge in [-0.15, -0.1) is 0 Å². The number of hydrazine groups is 1. The third-order valence-electron chi connectivity index (χ3n) is 7.09. The summed E-state index contributed by atoms with van der Waals surface area (Å²) in [4.78, 5) is 51.5. The lowest BCUT2D eigenvalue weighted by molar-refractivity contribution is -0.174. The summed E-state index contributed by atoms with van der Waals surface area (Å²) >= 11 is 0. The summed E-state index contributed by atoms with van der Waals surface area (Å²) in [5, 5.41) is 1.81. The van der Waals surface area contributed by atoms with Crippen LogP contribution >= 0.6 is 0 Å². The molecule has 2 saturated carbocycles. The van der Waals surface area contributed by atoms with Crippen molar-refractivity contribution in [3.63, 3.8) is 0 Å². The Morgan fingerprint density at radius 2 is 0.792 bits per heavy atom. The van der Waals surface area contributed by atoms with Crippen LogP contribution in [0.1, 0.15) is 12.8 Å². The Morgan fingerprint density at radius 3 is 1.04 bits per heavy atom. The van der Waals surface area contributed by atoms with Crippen LogP contribution < -0.4 is 0 Å². The largest absolute Gasteiger partial charge is 0.272 e. The molecule has 2 aliphatic heterocycles. The van der Waals surface area contributed by atoms with Gasteiger partial charge in [0.05, 0.1) is 23.7 Å². The maximum Gasteiger partial charge on any atom is 0.253 e. The van der Waals surface area contributed by atoms with Crippen LogP contribution in [0.2, 0.25) is 0 Å². The highest BCUT2D eigenvalue weighted by Gasteiger charge is 2.66. The van der Waals surface area contributed by atoms with E-state index in [1.165, 1.54) is 0 Å². The predicted molar refractivity (Wildman–Crippen MR) is 79.1 cm³/mol. The lowest BCUT2D eigenvalue weighted by atomic mass is 9.85. The van der Waals surface area contributed by atoms with Gasteiger partial charge in [-0.1, -0.05) is 24.3 Å². The Hall–Kier alpha value is -2.24. The first-order valence-electron chi connectivity index (χ1n) is 8.70. The van der Waals surface area contributed by atoms with Crippen LogP contribution in [-0.2, 0) is 19.2 Å². The average Bonchev–Trinajstić information content (AvgIpc) is 3.36. The molecular formula is C18H16N2O4. The van der Waals surface area contributed by atoms with Crippen LogP contribution in [0.4, 0.5) is 0 Å². The number of hydrogen-bond donors (Lipinski definition) is 0. The highest BCUT2D eigenvalue weighted by Crippen LogP contribution is 2.56. The molecular weight excluding hydrogens is 308 g/mol. The second-order valence-electron chi connectivity index (χ2n) is 7.98. The van der Waals surface area contributed by atoms with E-state index in [2.05, 4.69) is 0 Å². The van der Waals surface area contributed by atoms with E-state index in [0.29, 0.717) is 0 Å². The van der Waals surface area contributed by atoms with E-state index in [0.717, 1.165) is 22.9 Å². The SMILES string of the molecule is O=C1[C@@H]2[C@H](C(=O)N1N1C(=O)[C@@H]3[C@H](C1=O)[C@H]1C=C[C@H]3C1)[C@H]1C=C[C@H]2C1. The van der Waals surface area contributed by atoms with Crippen LogP contribution in [0.3, 0.4) is 0 Å². The Bertz CT molecular complexity index is 673. The smallest absolute Gasteiger partial charge is 0.253 e. The molecule has 4 aliphatic carbocycles. The van der Waals surface area contributed by atoms with Crippen molar-refractivity contribution < 1.29 is 19.2 Å². The van der Waals surface area contributed by atoms with Gasteiger partial charge in [-0.3, -0.25) is 19.2 Å². The molecule has 0 N–H and O–H groups in total. The summed E-state index contributed by atoms with van der Waals surface area (Å²) in [7, 11) is 0. The zero-order chi connectivity index (χ0) is 16.3. The topological polar surface area (TPSA) is 74.8 Å². The monoisotopic (exact) mass is 324 g/mol. The van der Waals surface area contributed by atoms with Gasteiger partial charge in [0.2, 0.25) is 0 Å². The molecule has 24 heavy (non-hydrogen) atoms. The second kappa shape index (κ2) is 3.87. The maximum absolute atomic E-state index is 12.9. The van der Waals surface area contributed by atoms with Crippen LogP contribution in [0.15, 0.2) is 24.3 Å². The third kappa shape index (κ3) is 1.21. The molecule has 8 atom stereocenters. The van der Waals surface area contributed by atoms with E-state index in [4.69, 9.17) is 0 Å². The Labute approximate surface area is 138 Å². The zero-order valence-corrected chi connectivity index (χ0v) is 12.9. The second-order valence-corrected chi connectivity index (χ2v) is 7.98. The minimum atomic E-state index is -0.386. The van der Waals surface area contributed by atoms with E-state index in [9.17, 15) is 19.2 Å². The number of fused-ring (bicyclic) bond motifs is 10. The van der Waals surface area contributed by atoms with Crippen LogP contribution in [0.5, 0.6) is 0 Å². The van der Waals surface area contributed by atoms with E-state index >= 15 is 0 Å². The summed E-state index contributed by atoms with van der Waals surface area (Å²) in [5.74, 6) is -2.67. The summed E-state index contributed by atoms with van der Waals surface area (Å²) in [6.07, 6.45) is 9.70. The molecule has 0 aromatic carbocycles. The van der Waals surface area contributed by atoms with Gasteiger partial charge in [0.25, 0.3) is 23.6 Å². The standard InChI is InChI=1S/C18H16N2O4/c21-15-11-7-1-2-8(5-7)12(11)16(22)19(15)20-17(23)13-9-3-4-10(6-9)14(13)18(20)24/h1-4,7-14H,5-6H2/t7-,8-,9-,10-,11-,12+,13-,14+/m0/s1. The highest BCUT2D eigenvalue weighted by atomic mass is 16.2. The van der Waals surface area contributed by atoms with E-state index < -0.39 is 0 Å². The van der Waals surface area contributed by atoms with Crippen molar-refractivity contribution in [1.29, 1.82) is 0 Å². The van der Waals surface area contributed by atoms with Gasteiger partial charge in [-0.2, -0.15) is 10.0 Å². The molecule has 2 heterocycles. The van der Waals surface area contributed by atoms with Gasteiger partial charge < -0.3 is 0 Å². The number of allylic oxidation sites excluding steroid dienone is 4. The summed E-state index contributed by atoms with van der Waals surface area (Å²) < 4.78 is 0. The number of nitrogens with zero attached hydrogens (tertiary/aromatic N) is 2. The lowest BCUT2D eigenvalue weighted by Crippen LogP contribution is -2.51. The molecule has 0 unspecified atom stereocenters. The average molecular weight is 324 g/mol. The van der Waals surface area contributed by atoms with Crippen molar-refractivity contribution >= 4 is 23.6 Å². The molecule has 122 valence electrons. The Kier molecular flexibility index (Phi) is 2.11. The number of hydrogen-bond acceptors (Lipinski definition) is 4. The van der Waals surface area contributed by atoms with Crippen molar-refractivity contribution in [2.45, 2.75) is 12.8 Å². The molecule has 6 aliphatic rings. The molecule has 4 amide bonds. The van der Waals surface area contributed by atoms with Crippen LogP contribution in [0, 0.1) is 47.3 Å². The van der Waals surface area contributed by atoms with Crippen LogP contribution in [0.25, 0.3) is 0 Å². The van der Waals surface area contributed by atoms with Crippen molar-refractivity contribution in [3.05, 3.63) is 24.3 Å². The summed E-state index contributed by atoms with van der Waals surface area (Å²) in [6.45, 7) is 0. The fraction of sp³-hybridized carbons (Fsp3) is 0.556. The summed E-state index contributed by atoms with van der Waals surface area (Å²) in [6, 6.07) is 0. The van der Waals surface area contributed by atoms with Crippen molar-refractivity contribution in [2.75, 3.05) is 0 Å². The highest BCUT2D eigenvalue weighted by molar-refractivity contribution is 6.14. The molecule has 6 heteroatoms. The van der Waals surface area contributed by atoms with E-state index in [1.807, 2.05) is 24.3 Å². The first-order chi connectivity index (χ1) is 11.6. The first-order valence-corrected chi connectivity index (χ1v) is 8.70. The fourth-order valence-electron chi connectivity index (χ4n) is 6.17. The van der Waals surface area contributed by atoms with Crippen molar-refractivity contribution in [2.24, 2.45) is 47.3 Å². The van der Waals surface area contributed by atoms with Gasteiger partial charge >= 0.3 is 0 Å². The van der Waals surface area contributed by atoms with Gasteiger partial charge in [0, 0.05) is 0 Å².